The van der Waals surface area contributed by atoms with Crippen LogP contribution in [0.5, 0.6) is 5.75 Å². The molecule has 1 aromatic carbocycles. The van der Waals surface area contributed by atoms with E-state index < -0.39 is 18.0 Å². The van der Waals surface area contributed by atoms with E-state index in [9.17, 15) is 9.59 Å². The third-order valence-corrected chi connectivity index (χ3v) is 1.95. The highest BCUT2D eigenvalue weighted by molar-refractivity contribution is 5.83. The number of urea groups is 1. The van der Waals surface area contributed by atoms with E-state index in [0.29, 0.717) is 5.75 Å². The molecule has 17 heavy (non-hydrogen) atoms. The Morgan fingerprint density at radius 1 is 1.18 bits per heavy atom. The second-order valence-electron chi connectivity index (χ2n) is 3.27. The highest BCUT2D eigenvalue weighted by Gasteiger charge is 2.14. The van der Waals surface area contributed by atoms with Gasteiger partial charge in [-0.3, -0.25) is 10.2 Å². The predicted molar refractivity (Wildman–Crippen MR) is 62.3 cm³/mol. The lowest BCUT2D eigenvalue weighted by Crippen LogP contribution is -2.49. The average molecular weight is 237 g/mol. The molecule has 6 nitrogen and oxygen atoms in total. The summed E-state index contributed by atoms with van der Waals surface area (Å²) in [5.74, 6) is 0.160. The van der Waals surface area contributed by atoms with Crippen molar-refractivity contribution in [2.45, 2.75) is 13.0 Å². The zero-order valence-electron chi connectivity index (χ0n) is 9.69. The number of rotatable bonds is 3. The van der Waals surface area contributed by atoms with Crippen LogP contribution in [0.4, 0.5) is 4.79 Å². The van der Waals surface area contributed by atoms with E-state index in [0.717, 1.165) is 0 Å². The Morgan fingerprint density at radius 3 is 2.41 bits per heavy atom. The molecule has 0 aliphatic heterocycles. The van der Waals surface area contributed by atoms with E-state index in [1.807, 2.05) is 18.2 Å². The number of para-hydroxylation sites is 1. The number of carbonyl (C=O) groups excluding carboxylic acids is 2. The van der Waals surface area contributed by atoms with Gasteiger partial charge in [-0.05, 0) is 19.1 Å². The zero-order chi connectivity index (χ0) is 12.7. The SMILES string of the molecule is CNC(=O)NNC(=O)C(C)Oc1ccccc1. The predicted octanol–water partition coefficient (Wildman–Crippen LogP) is 0.414. The Labute approximate surface area is 99.3 Å². The number of hydrogen-bond acceptors (Lipinski definition) is 3. The number of nitrogens with one attached hydrogen (secondary N) is 3. The summed E-state index contributed by atoms with van der Waals surface area (Å²) >= 11 is 0. The summed E-state index contributed by atoms with van der Waals surface area (Å²) < 4.78 is 5.36. The second kappa shape index (κ2) is 6.37. The summed E-state index contributed by atoms with van der Waals surface area (Å²) in [4.78, 5) is 22.3. The maximum atomic E-state index is 11.5. The monoisotopic (exact) mass is 237 g/mol. The molecule has 6 heteroatoms. The van der Waals surface area contributed by atoms with E-state index >= 15 is 0 Å². The van der Waals surface area contributed by atoms with Crippen LogP contribution in [0.25, 0.3) is 0 Å². The van der Waals surface area contributed by atoms with E-state index in [1.165, 1.54) is 7.05 Å². The second-order valence-corrected chi connectivity index (χ2v) is 3.27. The molecular weight excluding hydrogens is 222 g/mol. The van der Waals surface area contributed by atoms with Crippen LogP contribution in [0, 0.1) is 0 Å². The zero-order valence-corrected chi connectivity index (χ0v) is 9.69. The normalized spacial score (nSPS) is 11.2. The van der Waals surface area contributed by atoms with Gasteiger partial charge in [-0.2, -0.15) is 0 Å². The van der Waals surface area contributed by atoms with E-state index in [2.05, 4.69) is 16.2 Å². The van der Waals surface area contributed by atoms with Crippen molar-refractivity contribution in [3.8, 4) is 5.75 Å². The number of carbonyl (C=O) groups is 2. The van der Waals surface area contributed by atoms with Gasteiger partial charge in [-0.15, -0.1) is 0 Å². The van der Waals surface area contributed by atoms with Gasteiger partial charge in [-0.1, -0.05) is 18.2 Å². The summed E-state index contributed by atoms with van der Waals surface area (Å²) in [6, 6.07) is 8.47. The van der Waals surface area contributed by atoms with Gasteiger partial charge in [0.05, 0.1) is 0 Å². The fourth-order valence-electron chi connectivity index (χ4n) is 1.04. The Kier molecular flexibility index (Phi) is 4.80. The molecule has 0 bridgehead atoms. The van der Waals surface area contributed by atoms with Crippen molar-refractivity contribution in [1.82, 2.24) is 16.2 Å². The summed E-state index contributed by atoms with van der Waals surface area (Å²) in [5.41, 5.74) is 4.40. The Morgan fingerprint density at radius 2 is 1.82 bits per heavy atom. The van der Waals surface area contributed by atoms with Crippen molar-refractivity contribution in [3.05, 3.63) is 30.3 Å². The number of benzene rings is 1. The van der Waals surface area contributed by atoms with Gasteiger partial charge in [0.1, 0.15) is 5.75 Å². The molecule has 1 unspecified atom stereocenters. The van der Waals surface area contributed by atoms with Crippen LogP contribution in [-0.4, -0.2) is 25.1 Å². The Balaban J connectivity index is 2.40. The molecular formula is C11H15N3O3. The largest absolute Gasteiger partial charge is 0.481 e. The molecule has 3 N–H and O–H groups in total. The summed E-state index contributed by atoms with van der Waals surface area (Å²) in [7, 11) is 1.45. The maximum absolute atomic E-state index is 11.5. The van der Waals surface area contributed by atoms with Gasteiger partial charge in [0.2, 0.25) is 0 Å². The minimum atomic E-state index is -0.699. The highest BCUT2D eigenvalue weighted by atomic mass is 16.5. The standard InChI is InChI=1S/C11H15N3O3/c1-8(10(15)13-14-11(16)12-2)17-9-6-4-3-5-7-9/h3-8H,1-2H3,(H,13,15)(H2,12,14,16). The molecule has 0 heterocycles. The molecule has 3 amide bonds. The Hall–Kier alpha value is -2.24. The molecule has 0 spiro atoms. The lowest BCUT2D eigenvalue weighted by atomic mass is 10.3. The lowest BCUT2D eigenvalue weighted by Gasteiger charge is -2.14. The first-order valence-corrected chi connectivity index (χ1v) is 5.12. The fraction of sp³-hybridized carbons (Fsp3) is 0.273. The van der Waals surface area contributed by atoms with Crippen molar-refractivity contribution < 1.29 is 14.3 Å². The summed E-state index contributed by atoms with van der Waals surface area (Å²) in [5, 5.41) is 2.30. The Bertz CT molecular complexity index is 381. The summed E-state index contributed by atoms with van der Waals surface area (Å²) in [6.07, 6.45) is -0.699. The fourth-order valence-corrected chi connectivity index (χ4v) is 1.04. The van der Waals surface area contributed by atoms with Gasteiger partial charge < -0.3 is 10.1 Å². The molecule has 0 fully saturated rings. The minimum absolute atomic E-state index is 0.433. The topological polar surface area (TPSA) is 79.5 Å². The quantitative estimate of drug-likeness (QED) is 0.666. The van der Waals surface area contributed by atoms with Crippen molar-refractivity contribution >= 4 is 11.9 Å². The molecule has 0 radical (unpaired) electrons. The van der Waals surface area contributed by atoms with Crippen LogP contribution in [-0.2, 0) is 4.79 Å². The third kappa shape index (κ3) is 4.42. The number of amides is 3. The van der Waals surface area contributed by atoms with Crippen molar-refractivity contribution in [1.29, 1.82) is 0 Å². The molecule has 1 rings (SSSR count). The van der Waals surface area contributed by atoms with Crippen molar-refractivity contribution in [3.63, 3.8) is 0 Å². The average Bonchev–Trinajstić information content (AvgIpc) is 2.36. The van der Waals surface area contributed by atoms with Crippen LogP contribution in [0.15, 0.2) is 30.3 Å². The van der Waals surface area contributed by atoms with Crippen LogP contribution in [0.3, 0.4) is 0 Å². The van der Waals surface area contributed by atoms with Crippen LogP contribution in [0.1, 0.15) is 6.92 Å². The van der Waals surface area contributed by atoms with Crippen molar-refractivity contribution in [2.24, 2.45) is 0 Å². The van der Waals surface area contributed by atoms with Gasteiger partial charge in [0.25, 0.3) is 5.91 Å². The molecule has 92 valence electrons. The smallest absolute Gasteiger partial charge is 0.333 e. The van der Waals surface area contributed by atoms with Crippen LogP contribution >= 0.6 is 0 Å². The van der Waals surface area contributed by atoms with E-state index in [4.69, 9.17) is 4.74 Å². The lowest BCUT2D eigenvalue weighted by molar-refractivity contribution is -0.128. The first-order chi connectivity index (χ1) is 8.13. The maximum Gasteiger partial charge on any atom is 0.333 e. The summed E-state index contributed by atoms with van der Waals surface area (Å²) in [6.45, 7) is 1.59. The van der Waals surface area contributed by atoms with Gasteiger partial charge in [-0.25, -0.2) is 10.2 Å². The first-order valence-electron chi connectivity index (χ1n) is 5.12. The van der Waals surface area contributed by atoms with E-state index in [-0.39, 0.29) is 0 Å². The van der Waals surface area contributed by atoms with Crippen molar-refractivity contribution in [2.75, 3.05) is 7.05 Å². The van der Waals surface area contributed by atoms with Crippen LogP contribution in [0.2, 0.25) is 0 Å². The number of hydrazine groups is 1. The third-order valence-electron chi connectivity index (χ3n) is 1.95. The van der Waals surface area contributed by atoms with Gasteiger partial charge in [0.15, 0.2) is 6.10 Å². The minimum Gasteiger partial charge on any atom is -0.481 e. The first kappa shape index (κ1) is 12.8. The highest BCUT2D eigenvalue weighted by Crippen LogP contribution is 2.10. The molecule has 0 saturated carbocycles. The van der Waals surface area contributed by atoms with Gasteiger partial charge in [0, 0.05) is 7.05 Å². The molecule has 0 aliphatic rings. The molecule has 1 atom stereocenters. The van der Waals surface area contributed by atoms with Crippen LogP contribution < -0.4 is 20.9 Å². The number of ether oxygens (including phenoxy) is 1. The molecule has 0 saturated heterocycles. The molecule has 0 aromatic heterocycles. The molecule has 0 aliphatic carbocycles. The number of hydrogen-bond donors (Lipinski definition) is 3. The molecule has 1 aromatic rings. The van der Waals surface area contributed by atoms with Gasteiger partial charge >= 0.3 is 6.03 Å². The van der Waals surface area contributed by atoms with E-state index in [1.54, 1.807) is 19.1 Å².